The van der Waals surface area contributed by atoms with Gasteiger partial charge in [-0.3, -0.25) is 0 Å². The predicted molar refractivity (Wildman–Crippen MR) is 95.1 cm³/mol. The van der Waals surface area contributed by atoms with Crippen molar-refractivity contribution in [1.82, 2.24) is 0 Å². The van der Waals surface area contributed by atoms with E-state index in [0.29, 0.717) is 17.2 Å². The van der Waals surface area contributed by atoms with Crippen molar-refractivity contribution in [3.05, 3.63) is 90.5 Å². The largest absolute Gasteiger partial charge is 0.530 e. The molecule has 0 aliphatic rings. The van der Waals surface area contributed by atoms with Crippen LogP contribution in [0.25, 0.3) is 0 Å². The number of rotatable bonds is 7. The van der Waals surface area contributed by atoms with Crippen LogP contribution in [0.5, 0.6) is 17.2 Å². The van der Waals surface area contributed by atoms with Crippen molar-refractivity contribution in [3.63, 3.8) is 0 Å². The Hall–Kier alpha value is -3.04. The van der Waals surface area contributed by atoms with Gasteiger partial charge in [-0.25, -0.2) is 4.79 Å². The topological polar surface area (TPSA) is 65.0 Å². The standard InChI is InChI=1S/C19H15O5P/c20-19(21)15-11-13-18(14-12-15)24-25(22-16-7-3-1-4-8-16)23-17-9-5-2-6-10-17/h1-14H,(H,20,21). The van der Waals surface area contributed by atoms with Gasteiger partial charge in [0.15, 0.2) is 0 Å². The fourth-order valence-corrected chi connectivity index (χ4v) is 2.93. The molecule has 3 aromatic carbocycles. The highest BCUT2D eigenvalue weighted by Crippen LogP contribution is 2.42. The molecule has 0 atom stereocenters. The molecule has 126 valence electrons. The zero-order chi connectivity index (χ0) is 17.5. The summed E-state index contributed by atoms with van der Waals surface area (Å²) in [5, 5.41) is 8.96. The Balaban J connectivity index is 1.76. The molecule has 0 aromatic heterocycles. The van der Waals surface area contributed by atoms with Crippen LogP contribution in [0.4, 0.5) is 0 Å². The maximum Gasteiger partial charge on any atom is 0.530 e. The zero-order valence-corrected chi connectivity index (χ0v) is 14.0. The minimum atomic E-state index is -1.76. The maximum absolute atomic E-state index is 10.9. The predicted octanol–water partition coefficient (Wildman–Crippen LogP) is 5.15. The zero-order valence-electron chi connectivity index (χ0n) is 13.1. The van der Waals surface area contributed by atoms with E-state index >= 15 is 0 Å². The number of carboxylic acids is 1. The Morgan fingerprint density at radius 2 is 1.04 bits per heavy atom. The van der Waals surface area contributed by atoms with E-state index in [-0.39, 0.29) is 5.56 Å². The van der Waals surface area contributed by atoms with Crippen LogP contribution in [0.15, 0.2) is 84.9 Å². The summed E-state index contributed by atoms with van der Waals surface area (Å²) in [5.74, 6) is 0.705. The Bertz CT molecular complexity index is 765. The van der Waals surface area contributed by atoms with Crippen LogP contribution in [-0.2, 0) is 0 Å². The number of carbonyl (C=O) groups is 1. The number of para-hydroxylation sites is 2. The smallest absolute Gasteiger partial charge is 0.478 e. The summed E-state index contributed by atoms with van der Waals surface area (Å²) < 4.78 is 17.4. The third-order valence-electron chi connectivity index (χ3n) is 3.13. The van der Waals surface area contributed by atoms with Gasteiger partial charge in [0, 0.05) is 0 Å². The molecule has 0 bridgehead atoms. The maximum atomic E-state index is 10.9. The molecule has 25 heavy (non-hydrogen) atoms. The molecule has 0 aliphatic carbocycles. The summed E-state index contributed by atoms with van der Waals surface area (Å²) in [6.07, 6.45) is 0. The van der Waals surface area contributed by atoms with E-state index in [1.165, 1.54) is 12.1 Å². The summed E-state index contributed by atoms with van der Waals surface area (Å²) in [6.45, 7) is 0. The monoisotopic (exact) mass is 354 g/mol. The van der Waals surface area contributed by atoms with Gasteiger partial charge in [-0.15, -0.1) is 0 Å². The summed E-state index contributed by atoms with van der Waals surface area (Å²) in [6, 6.07) is 24.5. The highest BCUT2D eigenvalue weighted by atomic mass is 31.2. The summed E-state index contributed by atoms with van der Waals surface area (Å²) in [4.78, 5) is 10.9. The quantitative estimate of drug-likeness (QED) is 0.595. The van der Waals surface area contributed by atoms with Crippen molar-refractivity contribution in [2.75, 3.05) is 0 Å². The van der Waals surface area contributed by atoms with Gasteiger partial charge < -0.3 is 18.7 Å². The molecule has 0 saturated carbocycles. The first-order chi connectivity index (χ1) is 12.2. The van der Waals surface area contributed by atoms with Crippen LogP contribution in [-0.4, -0.2) is 11.1 Å². The lowest BCUT2D eigenvalue weighted by Gasteiger charge is -2.17. The summed E-state index contributed by atoms with van der Waals surface area (Å²) >= 11 is 0. The fraction of sp³-hybridized carbons (Fsp3) is 0. The molecule has 3 rings (SSSR count). The average molecular weight is 354 g/mol. The van der Waals surface area contributed by atoms with E-state index in [9.17, 15) is 4.79 Å². The molecule has 0 unspecified atom stereocenters. The van der Waals surface area contributed by atoms with E-state index in [2.05, 4.69) is 0 Å². The Kier molecular flexibility index (Phi) is 5.50. The first-order valence-electron chi connectivity index (χ1n) is 7.48. The second-order valence-electron chi connectivity index (χ2n) is 4.95. The highest BCUT2D eigenvalue weighted by molar-refractivity contribution is 7.43. The second kappa shape index (κ2) is 8.18. The van der Waals surface area contributed by atoms with Gasteiger partial charge in [-0.05, 0) is 48.5 Å². The molecule has 6 heteroatoms. The number of aromatic carboxylic acids is 1. The summed E-state index contributed by atoms with van der Waals surface area (Å²) in [7, 11) is -1.76. The van der Waals surface area contributed by atoms with E-state index in [1.807, 2.05) is 36.4 Å². The van der Waals surface area contributed by atoms with Crippen molar-refractivity contribution in [2.45, 2.75) is 0 Å². The fourth-order valence-electron chi connectivity index (χ4n) is 1.94. The van der Waals surface area contributed by atoms with E-state index < -0.39 is 14.6 Å². The lowest BCUT2D eigenvalue weighted by molar-refractivity contribution is 0.0697. The number of carboxylic acid groups (broad SMARTS) is 1. The molecule has 0 spiro atoms. The van der Waals surface area contributed by atoms with Gasteiger partial charge in [-0.2, -0.15) is 0 Å². The van der Waals surface area contributed by atoms with Crippen molar-refractivity contribution >= 4 is 14.6 Å². The van der Waals surface area contributed by atoms with Gasteiger partial charge >= 0.3 is 14.6 Å². The molecule has 0 radical (unpaired) electrons. The normalized spacial score (nSPS) is 10.3. The number of hydrogen-bond donors (Lipinski definition) is 1. The molecule has 0 aliphatic heterocycles. The highest BCUT2D eigenvalue weighted by Gasteiger charge is 2.19. The van der Waals surface area contributed by atoms with Crippen molar-refractivity contribution < 1.29 is 23.5 Å². The Morgan fingerprint density at radius 1 is 0.640 bits per heavy atom. The van der Waals surface area contributed by atoms with Crippen LogP contribution >= 0.6 is 8.60 Å². The molecule has 0 fully saturated rings. The van der Waals surface area contributed by atoms with Crippen molar-refractivity contribution in [1.29, 1.82) is 0 Å². The van der Waals surface area contributed by atoms with Gasteiger partial charge in [0.25, 0.3) is 0 Å². The van der Waals surface area contributed by atoms with Crippen molar-refractivity contribution in [3.8, 4) is 17.2 Å². The van der Waals surface area contributed by atoms with Gasteiger partial charge in [-0.1, -0.05) is 36.4 Å². The molecule has 0 heterocycles. The Morgan fingerprint density at radius 3 is 1.44 bits per heavy atom. The second-order valence-corrected chi connectivity index (χ2v) is 5.95. The van der Waals surface area contributed by atoms with Gasteiger partial charge in [0.2, 0.25) is 0 Å². The van der Waals surface area contributed by atoms with E-state index in [1.54, 1.807) is 36.4 Å². The molecule has 0 saturated heterocycles. The van der Waals surface area contributed by atoms with Crippen LogP contribution < -0.4 is 13.6 Å². The van der Waals surface area contributed by atoms with E-state index in [0.717, 1.165) is 0 Å². The molecule has 5 nitrogen and oxygen atoms in total. The number of benzene rings is 3. The molecule has 0 amide bonds. The van der Waals surface area contributed by atoms with Crippen LogP contribution in [0.1, 0.15) is 10.4 Å². The first kappa shape index (κ1) is 16.8. The average Bonchev–Trinajstić information content (AvgIpc) is 2.64. The third-order valence-corrected chi connectivity index (χ3v) is 4.21. The lowest BCUT2D eigenvalue weighted by Crippen LogP contribution is -2.02. The molecule has 3 aromatic rings. The van der Waals surface area contributed by atoms with Crippen molar-refractivity contribution in [2.24, 2.45) is 0 Å². The van der Waals surface area contributed by atoms with Crippen LogP contribution in [0.3, 0.4) is 0 Å². The van der Waals surface area contributed by atoms with E-state index in [4.69, 9.17) is 18.7 Å². The summed E-state index contributed by atoms with van der Waals surface area (Å²) in [5.41, 5.74) is 0.185. The minimum Gasteiger partial charge on any atom is -0.478 e. The van der Waals surface area contributed by atoms with Crippen LogP contribution in [0, 0.1) is 0 Å². The third kappa shape index (κ3) is 4.96. The number of hydrogen-bond acceptors (Lipinski definition) is 4. The van der Waals surface area contributed by atoms with Crippen LogP contribution in [0.2, 0.25) is 0 Å². The first-order valence-corrected chi connectivity index (χ1v) is 8.58. The molecular formula is C19H15O5P. The molecular weight excluding hydrogens is 339 g/mol. The van der Waals surface area contributed by atoms with Gasteiger partial charge in [0.05, 0.1) is 5.56 Å². The molecule has 1 N–H and O–H groups in total. The minimum absolute atomic E-state index is 0.185. The van der Waals surface area contributed by atoms with Gasteiger partial charge in [0.1, 0.15) is 17.2 Å². The lowest BCUT2D eigenvalue weighted by atomic mass is 10.2. The SMILES string of the molecule is O=C(O)c1ccc(OP(Oc2ccccc2)Oc2ccccc2)cc1. The Labute approximate surface area is 146 Å².